The summed E-state index contributed by atoms with van der Waals surface area (Å²) >= 11 is 0. The second kappa shape index (κ2) is 6.43. The van der Waals surface area contributed by atoms with Crippen molar-refractivity contribution in [1.29, 1.82) is 0 Å². The van der Waals surface area contributed by atoms with E-state index in [4.69, 9.17) is 10.5 Å². The molecule has 1 aliphatic heterocycles. The van der Waals surface area contributed by atoms with Crippen LogP contribution in [0.25, 0.3) is 0 Å². The number of nitrogens with one attached hydrogen (secondary N) is 2. The summed E-state index contributed by atoms with van der Waals surface area (Å²) < 4.78 is 5.11. The molecule has 1 saturated heterocycles. The predicted molar refractivity (Wildman–Crippen MR) is 75.4 cm³/mol. The summed E-state index contributed by atoms with van der Waals surface area (Å²) in [5, 5.41) is 6.34. The molecule has 1 amide bonds. The topological polar surface area (TPSA) is 76.4 Å². The number of anilines is 1. The minimum atomic E-state index is -0.0920. The molecular formula is C14H21N3O2. The Morgan fingerprint density at radius 3 is 3.05 bits per heavy atom. The third-order valence-electron chi connectivity index (χ3n) is 3.42. The van der Waals surface area contributed by atoms with Gasteiger partial charge >= 0.3 is 0 Å². The van der Waals surface area contributed by atoms with Crippen molar-refractivity contribution >= 4 is 11.6 Å². The third-order valence-corrected chi connectivity index (χ3v) is 3.42. The molecule has 104 valence electrons. The molecule has 5 nitrogen and oxygen atoms in total. The molecule has 1 fully saturated rings. The molecule has 1 atom stereocenters. The molecule has 5 heteroatoms. The molecular weight excluding hydrogens is 242 g/mol. The van der Waals surface area contributed by atoms with Crippen molar-refractivity contribution in [2.24, 2.45) is 0 Å². The minimum Gasteiger partial charge on any atom is -0.495 e. The molecule has 0 bridgehead atoms. The number of carbonyl (C=O) groups is 1. The van der Waals surface area contributed by atoms with Crippen LogP contribution in [0, 0.1) is 0 Å². The molecule has 1 aromatic carbocycles. The average molecular weight is 263 g/mol. The fourth-order valence-corrected chi connectivity index (χ4v) is 2.27. The summed E-state index contributed by atoms with van der Waals surface area (Å²) in [7, 11) is 1.54. The normalized spacial score (nSPS) is 18.9. The van der Waals surface area contributed by atoms with Crippen molar-refractivity contribution in [2.45, 2.75) is 25.3 Å². The van der Waals surface area contributed by atoms with Crippen LogP contribution in [-0.4, -0.2) is 32.1 Å². The van der Waals surface area contributed by atoms with Gasteiger partial charge in [0.25, 0.3) is 5.91 Å². The van der Waals surface area contributed by atoms with E-state index in [9.17, 15) is 4.79 Å². The number of benzene rings is 1. The van der Waals surface area contributed by atoms with Crippen LogP contribution in [0.4, 0.5) is 5.69 Å². The lowest BCUT2D eigenvalue weighted by molar-refractivity contribution is 0.0947. The van der Waals surface area contributed by atoms with E-state index in [2.05, 4.69) is 10.6 Å². The Hall–Kier alpha value is -1.75. The molecule has 1 heterocycles. The number of nitrogens with two attached hydrogens (primary N) is 1. The Balaban J connectivity index is 1.92. The zero-order chi connectivity index (χ0) is 13.7. The van der Waals surface area contributed by atoms with Gasteiger partial charge < -0.3 is 21.1 Å². The number of nitrogen functional groups attached to an aromatic ring is 1. The molecule has 0 unspecified atom stereocenters. The molecule has 19 heavy (non-hydrogen) atoms. The Kier molecular flexibility index (Phi) is 4.63. The summed E-state index contributed by atoms with van der Waals surface area (Å²) in [4.78, 5) is 12.0. The molecule has 4 N–H and O–H groups in total. The number of piperidine rings is 1. The van der Waals surface area contributed by atoms with Crippen LogP contribution >= 0.6 is 0 Å². The van der Waals surface area contributed by atoms with E-state index in [0.717, 1.165) is 13.0 Å². The van der Waals surface area contributed by atoms with Gasteiger partial charge in [-0.05, 0) is 37.6 Å². The lowest BCUT2D eigenvalue weighted by Crippen LogP contribution is -2.43. The fourth-order valence-electron chi connectivity index (χ4n) is 2.27. The zero-order valence-corrected chi connectivity index (χ0v) is 11.2. The number of rotatable bonds is 4. The smallest absolute Gasteiger partial charge is 0.251 e. The van der Waals surface area contributed by atoms with Crippen molar-refractivity contribution in [2.75, 3.05) is 25.9 Å². The number of amides is 1. The number of hydrogen-bond acceptors (Lipinski definition) is 4. The van der Waals surface area contributed by atoms with Crippen molar-refractivity contribution in [3.05, 3.63) is 23.8 Å². The Bertz CT molecular complexity index is 442. The van der Waals surface area contributed by atoms with Crippen molar-refractivity contribution in [3.63, 3.8) is 0 Å². The maximum atomic E-state index is 12.0. The Labute approximate surface area is 113 Å². The highest BCUT2D eigenvalue weighted by molar-refractivity contribution is 5.95. The Morgan fingerprint density at radius 2 is 2.37 bits per heavy atom. The van der Waals surface area contributed by atoms with E-state index < -0.39 is 0 Å². The molecule has 0 spiro atoms. The van der Waals surface area contributed by atoms with E-state index in [1.807, 2.05) is 0 Å². The SMILES string of the molecule is COc1cc(C(=O)NC[C@H]2CCCCN2)ccc1N. The molecule has 0 saturated carbocycles. The summed E-state index contributed by atoms with van der Waals surface area (Å²) in [6.45, 7) is 1.70. The maximum absolute atomic E-state index is 12.0. The molecule has 0 aromatic heterocycles. The van der Waals surface area contributed by atoms with Crippen LogP contribution in [0.1, 0.15) is 29.6 Å². The van der Waals surface area contributed by atoms with Gasteiger partial charge in [0.05, 0.1) is 12.8 Å². The fraction of sp³-hybridized carbons (Fsp3) is 0.500. The van der Waals surface area contributed by atoms with E-state index in [0.29, 0.717) is 29.6 Å². The second-order valence-corrected chi connectivity index (χ2v) is 4.81. The minimum absolute atomic E-state index is 0.0920. The van der Waals surface area contributed by atoms with Gasteiger partial charge in [0.1, 0.15) is 5.75 Å². The first kappa shape index (κ1) is 13.7. The largest absolute Gasteiger partial charge is 0.495 e. The van der Waals surface area contributed by atoms with Gasteiger partial charge in [-0.15, -0.1) is 0 Å². The number of ether oxygens (including phenoxy) is 1. The summed E-state index contributed by atoms with van der Waals surface area (Å²) in [5.74, 6) is 0.439. The van der Waals surface area contributed by atoms with Crippen LogP contribution < -0.4 is 21.1 Å². The van der Waals surface area contributed by atoms with Gasteiger partial charge in [-0.25, -0.2) is 0 Å². The van der Waals surface area contributed by atoms with Gasteiger partial charge in [0.2, 0.25) is 0 Å². The Morgan fingerprint density at radius 1 is 1.53 bits per heavy atom. The van der Waals surface area contributed by atoms with E-state index >= 15 is 0 Å². The van der Waals surface area contributed by atoms with Gasteiger partial charge in [-0.3, -0.25) is 4.79 Å². The number of hydrogen-bond donors (Lipinski definition) is 3. The van der Waals surface area contributed by atoms with Crippen LogP contribution in [0.5, 0.6) is 5.75 Å². The molecule has 1 aromatic rings. The van der Waals surface area contributed by atoms with E-state index in [1.165, 1.54) is 12.8 Å². The first-order chi connectivity index (χ1) is 9.20. The first-order valence-electron chi connectivity index (χ1n) is 6.66. The molecule has 1 aliphatic rings. The summed E-state index contributed by atoms with van der Waals surface area (Å²) in [5.41, 5.74) is 6.83. The van der Waals surface area contributed by atoms with Gasteiger partial charge in [-0.2, -0.15) is 0 Å². The van der Waals surface area contributed by atoms with Gasteiger partial charge in [0.15, 0.2) is 0 Å². The lowest BCUT2D eigenvalue weighted by atomic mass is 10.0. The third kappa shape index (κ3) is 3.61. The zero-order valence-electron chi connectivity index (χ0n) is 11.2. The highest BCUT2D eigenvalue weighted by Crippen LogP contribution is 2.22. The quantitative estimate of drug-likeness (QED) is 0.712. The van der Waals surface area contributed by atoms with E-state index in [1.54, 1.807) is 25.3 Å². The average Bonchev–Trinajstić information content (AvgIpc) is 2.46. The highest BCUT2D eigenvalue weighted by Gasteiger charge is 2.14. The van der Waals surface area contributed by atoms with Gasteiger partial charge in [0, 0.05) is 18.2 Å². The predicted octanol–water partition coefficient (Wildman–Crippen LogP) is 1.15. The molecule has 0 radical (unpaired) electrons. The van der Waals surface area contributed by atoms with Crippen LogP contribution in [0.3, 0.4) is 0 Å². The van der Waals surface area contributed by atoms with Crippen LogP contribution in [0.15, 0.2) is 18.2 Å². The van der Waals surface area contributed by atoms with Crippen LogP contribution in [-0.2, 0) is 0 Å². The molecule has 2 rings (SSSR count). The molecule has 0 aliphatic carbocycles. The van der Waals surface area contributed by atoms with Crippen LogP contribution in [0.2, 0.25) is 0 Å². The van der Waals surface area contributed by atoms with Crippen molar-refractivity contribution in [3.8, 4) is 5.75 Å². The first-order valence-corrected chi connectivity index (χ1v) is 6.66. The van der Waals surface area contributed by atoms with E-state index in [-0.39, 0.29) is 5.91 Å². The lowest BCUT2D eigenvalue weighted by Gasteiger charge is -2.23. The van der Waals surface area contributed by atoms with Crippen molar-refractivity contribution in [1.82, 2.24) is 10.6 Å². The second-order valence-electron chi connectivity index (χ2n) is 4.81. The van der Waals surface area contributed by atoms with Crippen molar-refractivity contribution < 1.29 is 9.53 Å². The maximum Gasteiger partial charge on any atom is 0.251 e. The standard InChI is InChI=1S/C14H21N3O2/c1-19-13-8-10(5-6-12(13)15)14(18)17-9-11-4-2-3-7-16-11/h5-6,8,11,16H,2-4,7,9,15H2,1H3,(H,17,18)/t11-/m1/s1. The monoisotopic (exact) mass is 263 g/mol. The summed E-state index contributed by atoms with van der Waals surface area (Å²) in [6, 6.07) is 5.45. The number of methoxy groups -OCH3 is 1. The highest BCUT2D eigenvalue weighted by atomic mass is 16.5. The van der Waals surface area contributed by atoms with Gasteiger partial charge in [-0.1, -0.05) is 6.42 Å². The summed E-state index contributed by atoms with van der Waals surface area (Å²) in [6.07, 6.45) is 3.56. The number of carbonyl (C=O) groups excluding carboxylic acids is 1.